The molecule has 0 atom stereocenters. The summed E-state index contributed by atoms with van der Waals surface area (Å²) in [5.74, 6) is 0.640. The van der Waals surface area contributed by atoms with Gasteiger partial charge in [0.1, 0.15) is 6.61 Å². The molecule has 2 rings (SSSR count). The molecule has 0 saturated carbocycles. The number of halogens is 1. The Morgan fingerprint density at radius 2 is 2.05 bits per heavy atom. The van der Waals surface area contributed by atoms with Crippen molar-refractivity contribution < 1.29 is 9.13 Å². The highest BCUT2D eigenvalue weighted by Crippen LogP contribution is 2.24. The van der Waals surface area contributed by atoms with Crippen molar-refractivity contribution in [2.45, 2.75) is 33.9 Å². The van der Waals surface area contributed by atoms with Crippen LogP contribution in [0.3, 0.4) is 0 Å². The summed E-state index contributed by atoms with van der Waals surface area (Å²) in [7, 11) is 0. The van der Waals surface area contributed by atoms with E-state index in [1.807, 2.05) is 0 Å². The van der Waals surface area contributed by atoms with Gasteiger partial charge in [-0.15, -0.1) is 11.3 Å². The Bertz CT molecular complexity index is 580. The molecule has 0 spiro atoms. The summed E-state index contributed by atoms with van der Waals surface area (Å²) in [6.45, 7) is 8.77. The van der Waals surface area contributed by atoms with Gasteiger partial charge >= 0.3 is 0 Å². The van der Waals surface area contributed by atoms with Crippen molar-refractivity contribution in [1.82, 2.24) is 5.32 Å². The first-order valence-electron chi connectivity index (χ1n) is 7.22. The van der Waals surface area contributed by atoms with Crippen LogP contribution in [0, 0.1) is 18.7 Å². The van der Waals surface area contributed by atoms with Crippen LogP contribution in [-0.2, 0) is 13.2 Å². The lowest BCUT2D eigenvalue weighted by Crippen LogP contribution is -2.18. The predicted octanol–water partition coefficient (Wildman–Crippen LogP) is 4.52. The van der Waals surface area contributed by atoms with Crippen molar-refractivity contribution in [3.05, 3.63) is 51.5 Å². The van der Waals surface area contributed by atoms with Gasteiger partial charge in [-0.1, -0.05) is 26.0 Å². The van der Waals surface area contributed by atoms with Crippen LogP contribution in [0.25, 0.3) is 0 Å². The Morgan fingerprint density at radius 1 is 1.29 bits per heavy atom. The van der Waals surface area contributed by atoms with E-state index in [4.69, 9.17) is 4.74 Å². The average molecular weight is 307 g/mol. The van der Waals surface area contributed by atoms with E-state index < -0.39 is 0 Å². The summed E-state index contributed by atoms with van der Waals surface area (Å²) in [6, 6.07) is 8.66. The maximum atomic E-state index is 13.5. The van der Waals surface area contributed by atoms with Gasteiger partial charge in [0.25, 0.3) is 0 Å². The summed E-state index contributed by atoms with van der Waals surface area (Å²) < 4.78 is 19.1. The highest BCUT2D eigenvalue weighted by molar-refractivity contribution is 7.12. The van der Waals surface area contributed by atoms with E-state index in [0.717, 1.165) is 18.7 Å². The second-order valence-electron chi connectivity index (χ2n) is 5.54. The van der Waals surface area contributed by atoms with Crippen molar-refractivity contribution >= 4 is 11.3 Å². The number of rotatable bonds is 7. The number of aryl methyl sites for hydroxylation is 1. The maximum absolute atomic E-state index is 13.5. The van der Waals surface area contributed by atoms with E-state index in [2.05, 4.69) is 32.2 Å². The lowest BCUT2D eigenvalue weighted by Gasteiger charge is -2.06. The van der Waals surface area contributed by atoms with Gasteiger partial charge in [-0.25, -0.2) is 4.39 Å². The van der Waals surface area contributed by atoms with Crippen LogP contribution in [0.15, 0.2) is 30.3 Å². The van der Waals surface area contributed by atoms with Crippen LogP contribution in [0.4, 0.5) is 4.39 Å². The molecule has 0 amide bonds. The second kappa shape index (κ2) is 7.57. The van der Waals surface area contributed by atoms with E-state index >= 15 is 0 Å². The molecule has 0 fully saturated rings. The molecule has 114 valence electrons. The molecular formula is C17H22FNOS. The van der Waals surface area contributed by atoms with Crippen LogP contribution >= 0.6 is 11.3 Å². The SMILES string of the molecule is Cc1sc(CNCC(C)C)cc1COc1ccccc1F. The van der Waals surface area contributed by atoms with E-state index in [0.29, 0.717) is 18.3 Å². The molecule has 2 nitrogen and oxygen atoms in total. The van der Waals surface area contributed by atoms with Crippen molar-refractivity contribution in [3.8, 4) is 5.75 Å². The van der Waals surface area contributed by atoms with Gasteiger partial charge in [0.15, 0.2) is 11.6 Å². The largest absolute Gasteiger partial charge is 0.486 e. The van der Waals surface area contributed by atoms with Gasteiger partial charge in [-0.2, -0.15) is 0 Å². The molecule has 0 aliphatic heterocycles. The van der Waals surface area contributed by atoms with Crippen molar-refractivity contribution in [1.29, 1.82) is 0 Å². The van der Waals surface area contributed by atoms with Gasteiger partial charge in [0.05, 0.1) is 0 Å². The van der Waals surface area contributed by atoms with Crippen LogP contribution in [-0.4, -0.2) is 6.54 Å². The summed E-state index contributed by atoms with van der Waals surface area (Å²) in [4.78, 5) is 2.52. The lowest BCUT2D eigenvalue weighted by molar-refractivity contribution is 0.290. The number of ether oxygens (including phenoxy) is 1. The molecule has 4 heteroatoms. The number of nitrogens with one attached hydrogen (secondary N) is 1. The van der Waals surface area contributed by atoms with Crippen molar-refractivity contribution in [3.63, 3.8) is 0 Å². The minimum absolute atomic E-state index is 0.308. The monoisotopic (exact) mass is 307 g/mol. The van der Waals surface area contributed by atoms with Gasteiger partial charge in [0.2, 0.25) is 0 Å². The number of hydrogen-bond acceptors (Lipinski definition) is 3. The van der Waals surface area contributed by atoms with Crippen molar-refractivity contribution in [2.75, 3.05) is 6.54 Å². The smallest absolute Gasteiger partial charge is 0.165 e. The Hall–Kier alpha value is -1.39. The first kappa shape index (κ1) is 16.0. The predicted molar refractivity (Wildman–Crippen MR) is 86.3 cm³/mol. The molecule has 1 aromatic heterocycles. The summed E-state index contributed by atoms with van der Waals surface area (Å²) >= 11 is 1.77. The van der Waals surface area contributed by atoms with Crippen LogP contribution < -0.4 is 10.1 Å². The fourth-order valence-electron chi connectivity index (χ4n) is 2.02. The zero-order valence-electron chi connectivity index (χ0n) is 12.8. The highest BCUT2D eigenvalue weighted by Gasteiger charge is 2.08. The fraction of sp³-hybridized carbons (Fsp3) is 0.412. The topological polar surface area (TPSA) is 21.3 Å². The normalized spacial score (nSPS) is 11.1. The molecule has 0 aliphatic rings. The van der Waals surface area contributed by atoms with Crippen LogP contribution in [0.5, 0.6) is 5.75 Å². The Kier molecular flexibility index (Phi) is 5.76. The molecule has 0 unspecified atom stereocenters. The average Bonchev–Trinajstić information content (AvgIpc) is 2.78. The molecule has 2 aromatic rings. The summed E-state index contributed by atoms with van der Waals surface area (Å²) in [5, 5.41) is 3.43. The third-order valence-electron chi connectivity index (χ3n) is 3.14. The highest BCUT2D eigenvalue weighted by atomic mass is 32.1. The summed E-state index contributed by atoms with van der Waals surface area (Å²) in [6.07, 6.45) is 0. The quantitative estimate of drug-likeness (QED) is 0.812. The Morgan fingerprint density at radius 3 is 2.76 bits per heavy atom. The molecular weight excluding hydrogens is 285 g/mol. The molecule has 1 heterocycles. The maximum Gasteiger partial charge on any atom is 0.165 e. The standard InChI is InChI=1S/C17H22FNOS/c1-12(2)9-19-10-15-8-14(13(3)21-15)11-20-17-7-5-4-6-16(17)18/h4-8,12,19H,9-11H2,1-3H3. The Balaban J connectivity index is 1.92. The van der Waals surface area contributed by atoms with E-state index in [-0.39, 0.29) is 5.82 Å². The summed E-state index contributed by atoms with van der Waals surface area (Å²) in [5.41, 5.74) is 1.13. The third kappa shape index (κ3) is 4.83. The minimum atomic E-state index is -0.316. The first-order valence-corrected chi connectivity index (χ1v) is 8.04. The molecule has 0 radical (unpaired) electrons. The van der Waals surface area contributed by atoms with E-state index in [1.54, 1.807) is 29.5 Å². The minimum Gasteiger partial charge on any atom is -0.486 e. The number of para-hydroxylation sites is 1. The molecule has 0 aliphatic carbocycles. The van der Waals surface area contributed by atoms with Gasteiger partial charge in [-0.05, 0) is 37.6 Å². The third-order valence-corrected chi connectivity index (χ3v) is 4.24. The lowest BCUT2D eigenvalue weighted by atomic mass is 10.2. The molecule has 21 heavy (non-hydrogen) atoms. The number of benzene rings is 1. The van der Waals surface area contributed by atoms with Crippen LogP contribution in [0.1, 0.15) is 29.2 Å². The zero-order chi connectivity index (χ0) is 15.2. The van der Waals surface area contributed by atoms with Gasteiger partial charge < -0.3 is 10.1 Å². The fourth-order valence-corrected chi connectivity index (χ4v) is 3.04. The zero-order valence-corrected chi connectivity index (χ0v) is 13.6. The van der Waals surface area contributed by atoms with E-state index in [9.17, 15) is 4.39 Å². The van der Waals surface area contributed by atoms with Crippen molar-refractivity contribution in [2.24, 2.45) is 5.92 Å². The molecule has 1 N–H and O–H groups in total. The molecule has 1 aromatic carbocycles. The van der Waals surface area contributed by atoms with Crippen LogP contribution in [0.2, 0.25) is 0 Å². The Labute approximate surface area is 130 Å². The molecule has 0 bridgehead atoms. The van der Waals surface area contributed by atoms with E-state index in [1.165, 1.54) is 15.8 Å². The first-order chi connectivity index (χ1) is 10.1. The van der Waals surface area contributed by atoms with Gasteiger partial charge in [-0.3, -0.25) is 0 Å². The van der Waals surface area contributed by atoms with Gasteiger partial charge in [0, 0.05) is 21.9 Å². The number of hydrogen-bond donors (Lipinski definition) is 1. The second-order valence-corrected chi connectivity index (χ2v) is 6.88. The molecule has 0 saturated heterocycles. The number of thiophene rings is 1.